The summed E-state index contributed by atoms with van der Waals surface area (Å²) in [4.78, 5) is 2.53. The van der Waals surface area contributed by atoms with E-state index in [1.807, 2.05) is 0 Å². The molecule has 1 saturated heterocycles. The standard InChI is InChI=1S/C18H30N2/c1-14(2)16-10-11-20(13-16)17-8-6-15(7-9-17)12-19-18(3,4)5/h6-9,14,16,19H,10-13H2,1-5H3. The van der Waals surface area contributed by atoms with Crippen molar-refractivity contribution in [2.24, 2.45) is 11.8 Å². The van der Waals surface area contributed by atoms with Crippen LogP contribution >= 0.6 is 0 Å². The molecule has 0 saturated carbocycles. The normalized spacial score (nSPS) is 19.9. The number of anilines is 1. The lowest BCUT2D eigenvalue weighted by atomic mass is 9.95. The molecule has 20 heavy (non-hydrogen) atoms. The van der Waals surface area contributed by atoms with Gasteiger partial charge < -0.3 is 10.2 Å². The van der Waals surface area contributed by atoms with Crippen molar-refractivity contribution in [1.29, 1.82) is 0 Å². The van der Waals surface area contributed by atoms with E-state index >= 15 is 0 Å². The van der Waals surface area contributed by atoms with Gasteiger partial charge >= 0.3 is 0 Å². The van der Waals surface area contributed by atoms with E-state index in [2.05, 4.69) is 69.1 Å². The fourth-order valence-electron chi connectivity index (χ4n) is 2.76. The Morgan fingerprint density at radius 2 is 1.85 bits per heavy atom. The third-order valence-corrected chi connectivity index (χ3v) is 4.29. The molecular weight excluding hydrogens is 244 g/mol. The molecule has 1 atom stereocenters. The second kappa shape index (κ2) is 6.17. The minimum atomic E-state index is 0.179. The van der Waals surface area contributed by atoms with Crippen LogP contribution in [-0.4, -0.2) is 18.6 Å². The van der Waals surface area contributed by atoms with Crippen LogP contribution in [0.25, 0.3) is 0 Å². The van der Waals surface area contributed by atoms with Crippen molar-refractivity contribution in [1.82, 2.24) is 5.32 Å². The van der Waals surface area contributed by atoms with Crippen LogP contribution < -0.4 is 10.2 Å². The SMILES string of the molecule is CC(C)C1CCN(c2ccc(CNC(C)(C)C)cc2)C1. The summed E-state index contributed by atoms with van der Waals surface area (Å²) in [5.74, 6) is 1.66. The molecule has 1 unspecified atom stereocenters. The summed E-state index contributed by atoms with van der Waals surface area (Å²) in [5.41, 5.74) is 2.92. The van der Waals surface area contributed by atoms with Gasteiger partial charge in [-0.3, -0.25) is 0 Å². The van der Waals surface area contributed by atoms with Gasteiger partial charge in [-0.25, -0.2) is 0 Å². The summed E-state index contributed by atoms with van der Waals surface area (Å²) in [6.07, 6.45) is 1.34. The van der Waals surface area contributed by atoms with Crippen molar-refractivity contribution in [2.45, 2.75) is 53.1 Å². The molecule has 0 aromatic heterocycles. The number of nitrogens with zero attached hydrogens (tertiary/aromatic N) is 1. The van der Waals surface area contributed by atoms with Crippen molar-refractivity contribution >= 4 is 5.69 Å². The van der Waals surface area contributed by atoms with Crippen molar-refractivity contribution in [3.8, 4) is 0 Å². The number of rotatable bonds is 4. The predicted molar refractivity (Wildman–Crippen MR) is 88.2 cm³/mol. The minimum absolute atomic E-state index is 0.179. The van der Waals surface area contributed by atoms with Crippen molar-refractivity contribution in [3.05, 3.63) is 29.8 Å². The monoisotopic (exact) mass is 274 g/mol. The molecule has 0 bridgehead atoms. The zero-order valence-electron chi connectivity index (χ0n) is 13.7. The Bertz CT molecular complexity index is 414. The fraction of sp³-hybridized carbons (Fsp3) is 0.667. The molecule has 1 aromatic carbocycles. The predicted octanol–water partition coefficient (Wildman–Crippen LogP) is 4.06. The van der Waals surface area contributed by atoms with Crippen molar-refractivity contribution in [2.75, 3.05) is 18.0 Å². The molecule has 2 nitrogen and oxygen atoms in total. The first-order valence-electron chi connectivity index (χ1n) is 7.94. The van der Waals surface area contributed by atoms with E-state index in [1.165, 1.54) is 30.8 Å². The lowest BCUT2D eigenvalue weighted by molar-refractivity contribution is 0.422. The van der Waals surface area contributed by atoms with Gasteiger partial charge in [-0.1, -0.05) is 26.0 Å². The van der Waals surface area contributed by atoms with Crippen LogP contribution in [-0.2, 0) is 6.54 Å². The van der Waals surface area contributed by atoms with Gasteiger partial charge in [0.05, 0.1) is 0 Å². The lowest BCUT2D eigenvalue weighted by Gasteiger charge is -2.22. The Balaban J connectivity index is 1.92. The summed E-state index contributed by atoms with van der Waals surface area (Å²) in [7, 11) is 0. The van der Waals surface area contributed by atoms with E-state index in [4.69, 9.17) is 0 Å². The third-order valence-electron chi connectivity index (χ3n) is 4.29. The van der Waals surface area contributed by atoms with Crippen LogP contribution in [0.5, 0.6) is 0 Å². The summed E-state index contributed by atoms with van der Waals surface area (Å²) >= 11 is 0. The Labute approximate surface area is 124 Å². The molecule has 2 heteroatoms. The number of hydrogen-bond acceptors (Lipinski definition) is 2. The van der Waals surface area contributed by atoms with E-state index in [-0.39, 0.29) is 5.54 Å². The average Bonchev–Trinajstić information content (AvgIpc) is 2.86. The first-order chi connectivity index (χ1) is 9.35. The minimum Gasteiger partial charge on any atom is -0.371 e. The van der Waals surface area contributed by atoms with Crippen LogP contribution in [0.1, 0.15) is 46.6 Å². The number of nitrogens with one attached hydrogen (secondary N) is 1. The Kier molecular flexibility index (Phi) is 4.74. The van der Waals surface area contributed by atoms with Gasteiger partial charge in [0.1, 0.15) is 0 Å². The molecule has 1 heterocycles. The van der Waals surface area contributed by atoms with E-state index in [0.29, 0.717) is 0 Å². The summed E-state index contributed by atoms with van der Waals surface area (Å²) in [5, 5.41) is 3.54. The van der Waals surface area contributed by atoms with Crippen LogP contribution in [0.4, 0.5) is 5.69 Å². The first-order valence-corrected chi connectivity index (χ1v) is 7.94. The largest absolute Gasteiger partial charge is 0.371 e. The Morgan fingerprint density at radius 1 is 1.20 bits per heavy atom. The molecule has 0 radical (unpaired) electrons. The first kappa shape index (κ1) is 15.4. The molecule has 1 fully saturated rings. The molecule has 1 aromatic rings. The van der Waals surface area contributed by atoms with Gasteiger partial charge in [0.25, 0.3) is 0 Å². The Hall–Kier alpha value is -1.02. The second-order valence-electron chi connectivity index (χ2n) is 7.51. The van der Waals surface area contributed by atoms with Gasteiger partial charge in [0, 0.05) is 30.9 Å². The summed E-state index contributed by atoms with van der Waals surface area (Å²) < 4.78 is 0. The highest BCUT2D eigenvalue weighted by molar-refractivity contribution is 5.48. The van der Waals surface area contributed by atoms with Gasteiger partial charge in [-0.15, -0.1) is 0 Å². The summed E-state index contributed by atoms with van der Waals surface area (Å²) in [6.45, 7) is 14.7. The molecule has 1 aliphatic rings. The molecule has 0 amide bonds. The highest BCUT2D eigenvalue weighted by Crippen LogP contribution is 2.28. The summed E-state index contributed by atoms with van der Waals surface area (Å²) in [6, 6.07) is 9.08. The number of hydrogen-bond donors (Lipinski definition) is 1. The highest BCUT2D eigenvalue weighted by Gasteiger charge is 2.24. The van der Waals surface area contributed by atoms with Gasteiger partial charge in [0.15, 0.2) is 0 Å². The van der Waals surface area contributed by atoms with Crippen molar-refractivity contribution in [3.63, 3.8) is 0 Å². The zero-order chi connectivity index (χ0) is 14.8. The molecular formula is C18H30N2. The van der Waals surface area contributed by atoms with Gasteiger partial charge in [-0.05, 0) is 56.7 Å². The average molecular weight is 274 g/mol. The maximum atomic E-state index is 3.54. The lowest BCUT2D eigenvalue weighted by Crippen LogP contribution is -2.35. The quantitative estimate of drug-likeness (QED) is 0.891. The fourth-order valence-corrected chi connectivity index (χ4v) is 2.76. The maximum Gasteiger partial charge on any atom is 0.0366 e. The van der Waals surface area contributed by atoms with Gasteiger partial charge in [0.2, 0.25) is 0 Å². The zero-order valence-corrected chi connectivity index (χ0v) is 13.7. The van der Waals surface area contributed by atoms with E-state index in [9.17, 15) is 0 Å². The van der Waals surface area contributed by atoms with E-state index in [0.717, 1.165) is 18.4 Å². The third kappa shape index (κ3) is 4.24. The Morgan fingerprint density at radius 3 is 2.35 bits per heavy atom. The van der Waals surface area contributed by atoms with Gasteiger partial charge in [-0.2, -0.15) is 0 Å². The van der Waals surface area contributed by atoms with E-state index in [1.54, 1.807) is 0 Å². The molecule has 2 rings (SSSR count). The van der Waals surface area contributed by atoms with E-state index < -0.39 is 0 Å². The molecule has 1 N–H and O–H groups in total. The molecule has 0 aliphatic carbocycles. The van der Waals surface area contributed by atoms with Crippen molar-refractivity contribution < 1.29 is 0 Å². The highest BCUT2D eigenvalue weighted by atomic mass is 15.1. The topological polar surface area (TPSA) is 15.3 Å². The van der Waals surface area contributed by atoms with Crippen LogP contribution in [0.3, 0.4) is 0 Å². The number of benzene rings is 1. The van der Waals surface area contributed by atoms with Crippen LogP contribution in [0.2, 0.25) is 0 Å². The van der Waals surface area contributed by atoms with Crippen LogP contribution in [0, 0.1) is 11.8 Å². The molecule has 1 aliphatic heterocycles. The molecule has 112 valence electrons. The second-order valence-corrected chi connectivity index (χ2v) is 7.51. The maximum absolute atomic E-state index is 3.54. The smallest absolute Gasteiger partial charge is 0.0366 e. The molecule has 0 spiro atoms. The van der Waals surface area contributed by atoms with Crippen LogP contribution in [0.15, 0.2) is 24.3 Å².